The zero-order chi connectivity index (χ0) is 16.1. The van der Waals surface area contributed by atoms with Crippen LogP contribution in [0.2, 0.25) is 0 Å². The van der Waals surface area contributed by atoms with Crippen LogP contribution in [-0.2, 0) is 11.4 Å². The first kappa shape index (κ1) is 17.6. The second-order valence-electron chi connectivity index (χ2n) is 6.55. The van der Waals surface area contributed by atoms with Gasteiger partial charge in [0.2, 0.25) is 0 Å². The molecule has 1 saturated carbocycles. The van der Waals surface area contributed by atoms with E-state index in [0.29, 0.717) is 0 Å². The molecule has 1 aliphatic rings. The lowest BCUT2D eigenvalue weighted by molar-refractivity contribution is 0.291. The van der Waals surface area contributed by atoms with E-state index in [0.717, 1.165) is 53.9 Å². The van der Waals surface area contributed by atoms with Gasteiger partial charge in [-0.1, -0.05) is 32.4 Å². The predicted octanol–water partition coefficient (Wildman–Crippen LogP) is 4.14. The topological polar surface area (TPSA) is 44.3 Å². The van der Waals surface area contributed by atoms with E-state index >= 15 is 0 Å². The third-order valence-corrected chi connectivity index (χ3v) is 5.71. The van der Waals surface area contributed by atoms with E-state index in [9.17, 15) is 4.55 Å². The van der Waals surface area contributed by atoms with E-state index in [1.807, 2.05) is 0 Å². The molecule has 0 spiro atoms. The van der Waals surface area contributed by atoms with Crippen LogP contribution in [0.3, 0.4) is 0 Å². The molecule has 1 aromatic rings. The maximum absolute atomic E-state index is 12.0. The molecule has 4 heteroatoms. The van der Waals surface area contributed by atoms with Gasteiger partial charge in [0, 0.05) is 11.4 Å². The van der Waals surface area contributed by atoms with Crippen molar-refractivity contribution in [1.82, 2.24) is 4.72 Å². The minimum atomic E-state index is -0.959. The fourth-order valence-corrected chi connectivity index (χ4v) is 3.67. The minimum Gasteiger partial charge on any atom is -0.598 e. The lowest BCUT2D eigenvalue weighted by Crippen LogP contribution is -2.29. The Labute approximate surface area is 138 Å². The molecule has 0 saturated heterocycles. The molecule has 1 aliphatic carbocycles. The molecule has 1 aromatic carbocycles. The van der Waals surface area contributed by atoms with E-state index in [1.54, 1.807) is 0 Å². The number of unbranched alkanes of at least 4 members (excludes halogenated alkanes) is 1. The Kier molecular flexibility index (Phi) is 6.60. The number of aryl methyl sites for hydroxylation is 1. The summed E-state index contributed by atoms with van der Waals surface area (Å²) in [5.74, 6) is 3.21. The summed E-state index contributed by atoms with van der Waals surface area (Å²) in [5, 5.41) is 0. The van der Waals surface area contributed by atoms with Crippen molar-refractivity contribution in [3.63, 3.8) is 0 Å². The van der Waals surface area contributed by atoms with Crippen molar-refractivity contribution in [2.24, 2.45) is 11.8 Å². The molecule has 124 valence electrons. The second-order valence-corrected chi connectivity index (χ2v) is 7.89. The van der Waals surface area contributed by atoms with E-state index < -0.39 is 11.4 Å². The summed E-state index contributed by atoms with van der Waals surface area (Å²) in [6, 6.07) is 6.35. The van der Waals surface area contributed by atoms with E-state index in [-0.39, 0.29) is 6.04 Å². The first-order chi connectivity index (χ1) is 10.5. The maximum atomic E-state index is 12.0. The molecule has 0 radical (unpaired) electrons. The van der Waals surface area contributed by atoms with Crippen LogP contribution in [0.25, 0.3) is 0 Å². The summed E-state index contributed by atoms with van der Waals surface area (Å²) in [6.45, 7) is 9.34. The number of ether oxygens (including phenoxy) is 1. The van der Waals surface area contributed by atoms with E-state index in [2.05, 4.69) is 50.6 Å². The monoisotopic (exact) mass is 323 g/mol. The molecular formula is C18H29NO2S. The highest BCUT2D eigenvalue weighted by Gasteiger charge is 2.33. The van der Waals surface area contributed by atoms with Crippen LogP contribution in [0.1, 0.15) is 57.2 Å². The Morgan fingerprint density at radius 2 is 2.18 bits per heavy atom. The molecule has 0 amide bonds. The van der Waals surface area contributed by atoms with Crippen molar-refractivity contribution >= 4 is 11.4 Å². The maximum Gasteiger partial charge on any atom is 0.125 e. The highest BCUT2D eigenvalue weighted by molar-refractivity contribution is 7.89. The molecule has 0 aliphatic heterocycles. The zero-order valence-electron chi connectivity index (χ0n) is 14.2. The van der Waals surface area contributed by atoms with E-state index in [1.165, 1.54) is 6.42 Å². The molecule has 22 heavy (non-hydrogen) atoms. The summed E-state index contributed by atoms with van der Waals surface area (Å²) >= 11 is -0.959. The van der Waals surface area contributed by atoms with E-state index in [4.69, 9.17) is 4.74 Å². The Morgan fingerprint density at radius 3 is 2.82 bits per heavy atom. The molecule has 0 aromatic heterocycles. The molecule has 1 fully saturated rings. The van der Waals surface area contributed by atoms with Crippen molar-refractivity contribution in [3.05, 3.63) is 29.3 Å². The van der Waals surface area contributed by atoms with Gasteiger partial charge < -0.3 is 9.29 Å². The highest BCUT2D eigenvalue weighted by atomic mass is 32.2. The normalized spacial score (nSPS) is 23.1. The standard InChI is InChI=1S/C18H29NO2S/c1-5-6-9-22(20)19-15(4)16-8-7-13(2)18(11-16)21-12-17-10-14(17)3/h7-8,11,14-15,17,19H,5-6,9-10,12H2,1-4H3/t14-,15-,17?,22-/m0/s1. The molecule has 0 heterocycles. The lowest BCUT2D eigenvalue weighted by atomic mass is 10.1. The molecule has 1 N–H and O–H groups in total. The van der Waals surface area contributed by atoms with Gasteiger partial charge in [-0.2, -0.15) is 0 Å². The quantitative estimate of drug-likeness (QED) is 0.695. The Balaban J connectivity index is 1.92. The zero-order valence-corrected chi connectivity index (χ0v) is 15.0. The van der Waals surface area contributed by atoms with Crippen LogP contribution < -0.4 is 9.46 Å². The van der Waals surface area contributed by atoms with Gasteiger partial charge in [0.1, 0.15) is 11.5 Å². The fraction of sp³-hybridized carbons (Fsp3) is 0.667. The minimum absolute atomic E-state index is 0.0699. The summed E-state index contributed by atoms with van der Waals surface area (Å²) in [6.07, 6.45) is 3.35. The van der Waals surface area contributed by atoms with Gasteiger partial charge in [0.25, 0.3) is 0 Å². The number of hydrogen-bond donors (Lipinski definition) is 1. The highest BCUT2D eigenvalue weighted by Crippen LogP contribution is 2.38. The molecule has 4 atom stereocenters. The lowest BCUT2D eigenvalue weighted by Gasteiger charge is -2.18. The smallest absolute Gasteiger partial charge is 0.125 e. The number of hydrogen-bond acceptors (Lipinski definition) is 3. The first-order valence-corrected chi connectivity index (χ1v) is 9.71. The third-order valence-electron chi connectivity index (χ3n) is 4.43. The fourth-order valence-electron chi connectivity index (χ4n) is 2.47. The molecular weight excluding hydrogens is 294 g/mol. The van der Waals surface area contributed by atoms with Gasteiger partial charge in [-0.05, 0) is 55.7 Å². The largest absolute Gasteiger partial charge is 0.598 e. The summed E-state index contributed by atoms with van der Waals surface area (Å²) in [7, 11) is 0. The molecule has 2 rings (SSSR count). The number of rotatable bonds is 9. The second kappa shape index (κ2) is 8.23. The van der Waals surface area contributed by atoms with Gasteiger partial charge in [-0.15, -0.1) is 4.72 Å². The average molecular weight is 324 g/mol. The van der Waals surface area contributed by atoms with Crippen LogP contribution in [0.5, 0.6) is 5.75 Å². The Bertz CT molecular complexity index is 480. The Morgan fingerprint density at radius 1 is 1.45 bits per heavy atom. The summed E-state index contributed by atoms with van der Waals surface area (Å²) in [4.78, 5) is 0. The predicted molar refractivity (Wildman–Crippen MR) is 93.4 cm³/mol. The number of nitrogens with one attached hydrogen (secondary N) is 1. The summed E-state index contributed by atoms with van der Waals surface area (Å²) < 4.78 is 21.1. The SMILES string of the molecule is CCCC[S@+]([O-])N[C@@H](C)c1ccc(C)c(OCC2C[C@@H]2C)c1. The van der Waals surface area contributed by atoms with Crippen molar-refractivity contribution < 1.29 is 9.29 Å². The average Bonchev–Trinajstić information content (AvgIpc) is 3.19. The van der Waals surface area contributed by atoms with Crippen LogP contribution in [0.15, 0.2) is 18.2 Å². The van der Waals surface area contributed by atoms with Gasteiger partial charge >= 0.3 is 0 Å². The molecule has 3 nitrogen and oxygen atoms in total. The van der Waals surface area contributed by atoms with Crippen molar-refractivity contribution in [2.45, 2.75) is 53.0 Å². The van der Waals surface area contributed by atoms with Crippen LogP contribution in [0.4, 0.5) is 0 Å². The van der Waals surface area contributed by atoms with Gasteiger partial charge in [-0.25, -0.2) is 0 Å². The summed E-state index contributed by atoms with van der Waals surface area (Å²) in [5.41, 5.74) is 2.30. The van der Waals surface area contributed by atoms with Gasteiger partial charge in [-0.3, -0.25) is 0 Å². The number of benzene rings is 1. The van der Waals surface area contributed by atoms with Gasteiger partial charge in [0.05, 0.1) is 12.6 Å². The van der Waals surface area contributed by atoms with Crippen molar-refractivity contribution in [3.8, 4) is 5.75 Å². The Hall–Kier alpha value is -0.710. The van der Waals surface area contributed by atoms with Crippen molar-refractivity contribution in [2.75, 3.05) is 12.4 Å². The van der Waals surface area contributed by atoms with Crippen molar-refractivity contribution in [1.29, 1.82) is 0 Å². The van der Waals surface area contributed by atoms with Crippen LogP contribution in [-0.4, -0.2) is 16.9 Å². The molecule has 0 bridgehead atoms. The molecule has 1 unspecified atom stereocenters. The van der Waals surface area contributed by atoms with Gasteiger partial charge in [0.15, 0.2) is 0 Å². The van der Waals surface area contributed by atoms with Crippen LogP contribution >= 0.6 is 0 Å². The first-order valence-electron chi connectivity index (χ1n) is 8.39. The third kappa shape index (κ3) is 5.18. The van der Waals surface area contributed by atoms with Crippen LogP contribution in [0, 0.1) is 18.8 Å².